The van der Waals surface area contributed by atoms with E-state index in [-0.39, 0.29) is 12.4 Å². The molecule has 0 spiro atoms. The van der Waals surface area contributed by atoms with E-state index in [0.717, 1.165) is 11.7 Å². The minimum atomic E-state index is -4.27. The van der Waals surface area contributed by atoms with Crippen LogP contribution < -0.4 is 10.2 Å². The average molecular weight is 369 g/mol. The highest BCUT2D eigenvalue weighted by Crippen LogP contribution is 2.34. The van der Waals surface area contributed by atoms with Gasteiger partial charge in [-0.1, -0.05) is 6.07 Å². The first-order chi connectivity index (χ1) is 12.0. The zero-order valence-electron chi connectivity index (χ0n) is 13.6. The molecule has 0 amide bonds. The zero-order valence-corrected chi connectivity index (χ0v) is 14.4. The van der Waals surface area contributed by atoms with E-state index in [0.29, 0.717) is 24.2 Å². The lowest BCUT2D eigenvalue weighted by molar-refractivity contribution is -0.146. The fourth-order valence-corrected chi connectivity index (χ4v) is 3.08. The molecule has 0 aromatic carbocycles. The third-order valence-corrected chi connectivity index (χ3v) is 4.40. The number of thioether (sulfide) groups is 1. The standard InChI is InChI=1S/C16H18F3N5S/c1-25-10-22-14-6-2-4-12(23-14)11-8-20-15(21-9-11)24-7-3-5-13(24)16(17,18)19/h2,4,6,8-9,13H,3,5,7,10H2,1H3,(H,22,23). The van der Waals surface area contributed by atoms with Gasteiger partial charge in [-0.2, -0.15) is 13.2 Å². The lowest BCUT2D eigenvalue weighted by Gasteiger charge is -2.26. The highest BCUT2D eigenvalue weighted by Gasteiger charge is 2.46. The van der Waals surface area contributed by atoms with Crippen LogP contribution in [-0.4, -0.2) is 45.8 Å². The molecule has 1 fully saturated rings. The second kappa shape index (κ2) is 7.47. The SMILES string of the molecule is CSCNc1cccc(-c2cnc(N3CCCC3C(F)(F)F)nc2)n1. The molecule has 3 rings (SSSR count). The molecule has 2 aromatic heterocycles. The topological polar surface area (TPSA) is 53.9 Å². The van der Waals surface area contributed by atoms with Crippen LogP contribution in [0.5, 0.6) is 0 Å². The third-order valence-electron chi connectivity index (χ3n) is 3.97. The number of anilines is 2. The van der Waals surface area contributed by atoms with E-state index in [9.17, 15) is 13.2 Å². The Morgan fingerprint density at radius 2 is 2.04 bits per heavy atom. The van der Waals surface area contributed by atoms with Crippen molar-refractivity contribution in [1.82, 2.24) is 15.0 Å². The predicted molar refractivity (Wildman–Crippen MR) is 93.7 cm³/mol. The van der Waals surface area contributed by atoms with Gasteiger partial charge in [0.2, 0.25) is 5.95 Å². The van der Waals surface area contributed by atoms with Crippen LogP contribution in [0.15, 0.2) is 30.6 Å². The van der Waals surface area contributed by atoms with Crippen molar-refractivity contribution in [2.45, 2.75) is 25.1 Å². The first-order valence-electron chi connectivity index (χ1n) is 7.84. The molecule has 1 aliphatic heterocycles. The molecule has 9 heteroatoms. The maximum Gasteiger partial charge on any atom is 0.408 e. The number of nitrogens with one attached hydrogen (secondary N) is 1. The first-order valence-corrected chi connectivity index (χ1v) is 9.24. The summed E-state index contributed by atoms with van der Waals surface area (Å²) < 4.78 is 39.2. The molecule has 0 bridgehead atoms. The van der Waals surface area contributed by atoms with Gasteiger partial charge in [0.25, 0.3) is 0 Å². The highest BCUT2D eigenvalue weighted by molar-refractivity contribution is 7.98. The molecule has 0 radical (unpaired) electrons. The van der Waals surface area contributed by atoms with Gasteiger partial charge in [-0.25, -0.2) is 15.0 Å². The lowest BCUT2D eigenvalue weighted by Crippen LogP contribution is -2.42. The summed E-state index contributed by atoms with van der Waals surface area (Å²) in [6, 6.07) is 4.03. The van der Waals surface area contributed by atoms with Crippen LogP contribution in [0.4, 0.5) is 24.9 Å². The van der Waals surface area contributed by atoms with Gasteiger partial charge in [0.1, 0.15) is 11.9 Å². The largest absolute Gasteiger partial charge is 0.408 e. The van der Waals surface area contributed by atoms with Crippen molar-refractivity contribution < 1.29 is 13.2 Å². The van der Waals surface area contributed by atoms with E-state index in [1.54, 1.807) is 11.8 Å². The van der Waals surface area contributed by atoms with Crippen molar-refractivity contribution in [3.63, 3.8) is 0 Å². The summed E-state index contributed by atoms with van der Waals surface area (Å²) >= 11 is 1.64. The van der Waals surface area contributed by atoms with Gasteiger partial charge in [0.15, 0.2) is 0 Å². The maximum atomic E-state index is 13.1. The molecule has 0 saturated carbocycles. The van der Waals surface area contributed by atoms with E-state index >= 15 is 0 Å². The van der Waals surface area contributed by atoms with E-state index in [1.165, 1.54) is 17.3 Å². The summed E-state index contributed by atoms with van der Waals surface area (Å²) in [7, 11) is 0. The van der Waals surface area contributed by atoms with Gasteiger partial charge in [-0.3, -0.25) is 0 Å². The fraction of sp³-hybridized carbons (Fsp3) is 0.438. The van der Waals surface area contributed by atoms with E-state index in [2.05, 4.69) is 20.3 Å². The Balaban J connectivity index is 1.78. The van der Waals surface area contributed by atoms with Crippen molar-refractivity contribution >= 4 is 23.5 Å². The summed E-state index contributed by atoms with van der Waals surface area (Å²) in [4.78, 5) is 14.0. The average Bonchev–Trinajstić information content (AvgIpc) is 3.10. The molecule has 25 heavy (non-hydrogen) atoms. The molecule has 134 valence electrons. The number of pyridine rings is 1. The molecule has 0 aliphatic carbocycles. The van der Waals surface area contributed by atoms with Crippen LogP contribution in [0.3, 0.4) is 0 Å². The van der Waals surface area contributed by atoms with Crippen LogP contribution in [0, 0.1) is 0 Å². The Morgan fingerprint density at radius 1 is 1.28 bits per heavy atom. The minimum Gasteiger partial charge on any atom is -0.361 e. The maximum absolute atomic E-state index is 13.1. The Bertz CT molecular complexity index is 708. The van der Waals surface area contributed by atoms with E-state index in [1.807, 2.05) is 24.5 Å². The van der Waals surface area contributed by atoms with Crippen molar-refractivity contribution in [2.75, 3.05) is 28.9 Å². The van der Waals surface area contributed by atoms with Crippen LogP contribution in [0.1, 0.15) is 12.8 Å². The second-order valence-corrected chi connectivity index (χ2v) is 6.55. The zero-order chi connectivity index (χ0) is 17.9. The van der Waals surface area contributed by atoms with Crippen molar-refractivity contribution in [2.24, 2.45) is 0 Å². The number of rotatable bonds is 5. The van der Waals surface area contributed by atoms with Crippen molar-refractivity contribution in [3.05, 3.63) is 30.6 Å². The normalized spacial score (nSPS) is 17.8. The van der Waals surface area contributed by atoms with Gasteiger partial charge in [0, 0.05) is 24.5 Å². The molecule has 1 unspecified atom stereocenters. The number of aromatic nitrogens is 3. The predicted octanol–water partition coefficient (Wildman–Crippen LogP) is 3.80. The smallest absolute Gasteiger partial charge is 0.361 e. The molecule has 1 saturated heterocycles. The van der Waals surface area contributed by atoms with Crippen LogP contribution in [-0.2, 0) is 0 Å². The van der Waals surface area contributed by atoms with Crippen molar-refractivity contribution in [3.8, 4) is 11.3 Å². The molecular formula is C16H18F3N5S. The Labute approximate surface area is 148 Å². The lowest BCUT2D eigenvalue weighted by atomic mass is 10.2. The Morgan fingerprint density at radius 3 is 2.72 bits per heavy atom. The molecular weight excluding hydrogens is 351 g/mol. The summed E-state index contributed by atoms with van der Waals surface area (Å²) in [6.45, 7) is 0.315. The quantitative estimate of drug-likeness (QED) is 0.809. The van der Waals surface area contributed by atoms with Crippen LogP contribution >= 0.6 is 11.8 Å². The molecule has 2 aromatic rings. The van der Waals surface area contributed by atoms with Gasteiger partial charge in [-0.15, -0.1) is 11.8 Å². The van der Waals surface area contributed by atoms with Crippen LogP contribution in [0.2, 0.25) is 0 Å². The number of hydrogen-bond donors (Lipinski definition) is 1. The number of hydrogen-bond acceptors (Lipinski definition) is 6. The van der Waals surface area contributed by atoms with Crippen molar-refractivity contribution in [1.29, 1.82) is 0 Å². The first kappa shape index (κ1) is 17.8. The van der Waals surface area contributed by atoms with E-state index in [4.69, 9.17) is 0 Å². The van der Waals surface area contributed by atoms with Gasteiger partial charge >= 0.3 is 6.18 Å². The van der Waals surface area contributed by atoms with E-state index < -0.39 is 12.2 Å². The summed E-state index contributed by atoms with van der Waals surface area (Å²) in [5.41, 5.74) is 1.34. The fourth-order valence-electron chi connectivity index (χ4n) is 2.79. The molecule has 1 atom stereocenters. The summed E-state index contributed by atoms with van der Waals surface area (Å²) in [5, 5.41) is 3.16. The second-order valence-electron chi connectivity index (χ2n) is 5.68. The molecule has 1 N–H and O–H groups in total. The monoisotopic (exact) mass is 369 g/mol. The Hall–Kier alpha value is -2.03. The molecule has 1 aliphatic rings. The van der Waals surface area contributed by atoms with Gasteiger partial charge in [-0.05, 0) is 31.2 Å². The summed E-state index contributed by atoms with van der Waals surface area (Å²) in [6.07, 6.45) is 1.33. The summed E-state index contributed by atoms with van der Waals surface area (Å²) in [5.74, 6) is 1.58. The third kappa shape index (κ3) is 4.15. The van der Waals surface area contributed by atoms with Gasteiger partial charge in [0.05, 0.1) is 11.6 Å². The number of halogens is 3. The van der Waals surface area contributed by atoms with Crippen LogP contribution in [0.25, 0.3) is 11.3 Å². The number of nitrogens with zero attached hydrogens (tertiary/aromatic N) is 4. The molecule has 5 nitrogen and oxygen atoms in total. The minimum absolute atomic E-state index is 0.0827. The molecule has 3 heterocycles. The van der Waals surface area contributed by atoms with Gasteiger partial charge < -0.3 is 10.2 Å². The Kier molecular flexibility index (Phi) is 5.31. The number of alkyl halides is 3. The highest BCUT2D eigenvalue weighted by atomic mass is 32.2.